The Morgan fingerprint density at radius 2 is 1.50 bits per heavy atom. The van der Waals surface area contributed by atoms with Gasteiger partial charge in [0, 0.05) is 10.9 Å². The summed E-state index contributed by atoms with van der Waals surface area (Å²) in [7, 11) is 0. The lowest BCUT2D eigenvalue weighted by Crippen LogP contribution is -2.42. The Morgan fingerprint density at radius 1 is 0.923 bits per heavy atom. The maximum Gasteiger partial charge on any atom is 0.236 e. The molecule has 2 saturated carbocycles. The molecule has 4 rings (SSSR count). The van der Waals surface area contributed by atoms with Crippen LogP contribution in [0.15, 0.2) is 53.4 Å². The van der Waals surface area contributed by atoms with Gasteiger partial charge in [0.15, 0.2) is 0 Å². The summed E-state index contributed by atoms with van der Waals surface area (Å²) in [4.78, 5) is 13.9. The molecule has 2 aromatic rings. The molecule has 1 N–H and O–H groups in total. The second kappa shape index (κ2) is 7.43. The molecule has 2 aliphatic carbocycles. The molecule has 136 valence electrons. The highest BCUT2D eigenvalue weighted by molar-refractivity contribution is 8.01. The normalized spacial score (nSPS) is 19.1. The molecule has 4 heteroatoms. The molecule has 0 heterocycles. The van der Waals surface area contributed by atoms with Crippen molar-refractivity contribution in [1.29, 1.82) is 0 Å². The van der Waals surface area contributed by atoms with Crippen LogP contribution in [0.5, 0.6) is 0 Å². The minimum Gasteiger partial charge on any atom is -0.352 e. The van der Waals surface area contributed by atoms with Crippen molar-refractivity contribution in [1.82, 2.24) is 5.32 Å². The Hall–Kier alpha value is -1.81. The summed E-state index contributed by atoms with van der Waals surface area (Å²) in [5.74, 6) is -0.00223. The number of rotatable bonds is 5. The molecule has 2 nitrogen and oxygen atoms in total. The van der Waals surface area contributed by atoms with Crippen LogP contribution in [0.2, 0.25) is 0 Å². The number of carbonyl (C=O) groups excluding carboxylic acids is 1. The van der Waals surface area contributed by atoms with Gasteiger partial charge < -0.3 is 5.32 Å². The Balaban J connectivity index is 1.40. The van der Waals surface area contributed by atoms with E-state index < -0.39 is 0 Å². The van der Waals surface area contributed by atoms with Crippen molar-refractivity contribution in [2.75, 3.05) is 0 Å². The fraction of sp³-hybridized carbons (Fsp3) is 0.409. The van der Waals surface area contributed by atoms with Crippen LogP contribution in [0.4, 0.5) is 4.39 Å². The van der Waals surface area contributed by atoms with Crippen LogP contribution in [-0.2, 0) is 4.79 Å². The molecule has 0 saturated heterocycles. The molecule has 1 amide bonds. The lowest BCUT2D eigenvalue weighted by atomic mass is 9.95. The maximum absolute atomic E-state index is 13.1. The fourth-order valence-corrected chi connectivity index (χ4v) is 4.82. The molecule has 0 aliphatic heterocycles. The molecule has 0 radical (unpaired) electrons. The van der Waals surface area contributed by atoms with Crippen molar-refractivity contribution in [3.05, 3.63) is 54.3 Å². The van der Waals surface area contributed by atoms with Crippen molar-refractivity contribution in [2.45, 2.75) is 60.6 Å². The van der Waals surface area contributed by atoms with Crippen molar-refractivity contribution < 1.29 is 9.18 Å². The first-order valence-corrected chi connectivity index (χ1v) is 10.3. The van der Waals surface area contributed by atoms with Crippen LogP contribution in [0.25, 0.3) is 11.1 Å². The highest BCUT2D eigenvalue weighted by atomic mass is 32.2. The second-order valence-electron chi connectivity index (χ2n) is 7.44. The molecule has 2 aliphatic rings. The molecule has 2 fully saturated rings. The van der Waals surface area contributed by atoms with Gasteiger partial charge in [-0.05, 0) is 61.1 Å². The van der Waals surface area contributed by atoms with Crippen molar-refractivity contribution >= 4 is 17.7 Å². The van der Waals surface area contributed by atoms with Crippen LogP contribution in [0.3, 0.4) is 0 Å². The lowest BCUT2D eigenvalue weighted by molar-refractivity contribution is -0.122. The van der Waals surface area contributed by atoms with Crippen molar-refractivity contribution in [3.8, 4) is 11.1 Å². The maximum atomic E-state index is 13.1. The van der Waals surface area contributed by atoms with Gasteiger partial charge in [0.25, 0.3) is 0 Å². The first-order valence-electron chi connectivity index (χ1n) is 9.51. The predicted octanol–water partition coefficient (Wildman–Crippen LogP) is 5.57. The van der Waals surface area contributed by atoms with Crippen LogP contribution in [0.1, 0.15) is 44.9 Å². The summed E-state index contributed by atoms with van der Waals surface area (Å²) in [6.45, 7) is 0. The summed E-state index contributed by atoms with van der Waals surface area (Å²) in [5, 5.41) is 3.29. The third kappa shape index (κ3) is 3.96. The molecule has 2 aromatic carbocycles. The number of benzene rings is 2. The zero-order chi connectivity index (χ0) is 18.0. The highest BCUT2D eigenvalue weighted by Crippen LogP contribution is 2.52. The van der Waals surface area contributed by atoms with Crippen LogP contribution in [-0.4, -0.2) is 16.7 Å². The average molecular weight is 370 g/mol. The third-order valence-electron chi connectivity index (χ3n) is 5.40. The minimum absolute atomic E-state index is 0.219. The fourth-order valence-electron chi connectivity index (χ4n) is 3.64. The van der Waals surface area contributed by atoms with E-state index in [1.54, 1.807) is 23.9 Å². The van der Waals surface area contributed by atoms with Gasteiger partial charge in [-0.25, -0.2) is 4.39 Å². The van der Waals surface area contributed by atoms with E-state index in [9.17, 15) is 9.18 Å². The monoisotopic (exact) mass is 369 g/mol. The summed E-state index contributed by atoms with van der Waals surface area (Å²) in [6, 6.07) is 15.1. The Bertz CT molecular complexity index is 762. The molecular weight excluding hydrogens is 345 g/mol. The van der Waals surface area contributed by atoms with Crippen molar-refractivity contribution in [3.63, 3.8) is 0 Å². The molecule has 26 heavy (non-hydrogen) atoms. The van der Waals surface area contributed by atoms with Gasteiger partial charge in [-0.1, -0.05) is 43.5 Å². The van der Waals surface area contributed by atoms with Gasteiger partial charge >= 0.3 is 0 Å². The third-order valence-corrected chi connectivity index (χ3v) is 6.90. The Labute approximate surface area is 158 Å². The second-order valence-corrected chi connectivity index (χ2v) is 8.89. The highest BCUT2D eigenvalue weighted by Gasteiger charge is 2.51. The molecule has 0 spiro atoms. The van der Waals surface area contributed by atoms with Gasteiger partial charge in [0.2, 0.25) is 5.91 Å². The van der Waals surface area contributed by atoms with E-state index in [2.05, 4.69) is 17.4 Å². The Morgan fingerprint density at radius 3 is 2.08 bits per heavy atom. The van der Waals surface area contributed by atoms with Gasteiger partial charge in [0.05, 0.1) is 4.75 Å². The predicted molar refractivity (Wildman–Crippen MR) is 105 cm³/mol. The van der Waals surface area contributed by atoms with Crippen LogP contribution < -0.4 is 5.32 Å². The Kier molecular flexibility index (Phi) is 5.03. The summed E-state index contributed by atoms with van der Waals surface area (Å²) < 4.78 is 12.8. The number of halogens is 1. The number of carbonyl (C=O) groups is 1. The quantitative estimate of drug-likeness (QED) is 0.747. The lowest BCUT2D eigenvalue weighted by Gasteiger charge is -2.25. The zero-order valence-electron chi connectivity index (χ0n) is 14.8. The largest absolute Gasteiger partial charge is 0.352 e. The summed E-state index contributed by atoms with van der Waals surface area (Å²) >= 11 is 1.69. The smallest absolute Gasteiger partial charge is 0.236 e. The van der Waals surface area contributed by atoms with Gasteiger partial charge in [0.1, 0.15) is 5.82 Å². The van der Waals surface area contributed by atoms with Gasteiger partial charge in [-0.3, -0.25) is 4.79 Å². The first kappa shape index (κ1) is 17.6. The van der Waals surface area contributed by atoms with E-state index >= 15 is 0 Å². The number of nitrogens with one attached hydrogen (secondary N) is 1. The van der Waals surface area contributed by atoms with Gasteiger partial charge in [-0.2, -0.15) is 0 Å². The van der Waals surface area contributed by atoms with E-state index in [0.717, 1.165) is 41.7 Å². The SMILES string of the molecule is O=C(NC1CCCCC1)C1(Sc2ccc(-c3ccc(F)cc3)cc2)CC1. The molecule has 0 bridgehead atoms. The molecular formula is C22H24FNOS. The topological polar surface area (TPSA) is 29.1 Å². The number of hydrogen-bond donors (Lipinski definition) is 1. The van der Waals surface area contributed by atoms with Crippen molar-refractivity contribution in [2.24, 2.45) is 0 Å². The van der Waals surface area contributed by atoms with E-state index in [4.69, 9.17) is 0 Å². The zero-order valence-corrected chi connectivity index (χ0v) is 15.7. The van der Waals surface area contributed by atoms with Crippen LogP contribution >= 0.6 is 11.8 Å². The van der Waals surface area contributed by atoms with E-state index in [1.165, 1.54) is 31.4 Å². The summed E-state index contributed by atoms with van der Waals surface area (Å²) in [6.07, 6.45) is 7.92. The van der Waals surface area contributed by atoms with E-state index in [1.807, 2.05) is 12.1 Å². The number of thioether (sulfide) groups is 1. The molecule has 0 aromatic heterocycles. The molecule has 0 unspecified atom stereocenters. The minimum atomic E-state index is -0.269. The standard InChI is InChI=1S/C22H24FNOS/c23-18-10-6-16(7-11-18)17-8-12-20(13-9-17)26-22(14-15-22)21(25)24-19-4-2-1-3-5-19/h6-13,19H,1-5,14-15H2,(H,24,25). The summed E-state index contributed by atoms with van der Waals surface area (Å²) in [5.41, 5.74) is 2.06. The van der Waals surface area contributed by atoms with Gasteiger partial charge in [-0.15, -0.1) is 11.8 Å². The average Bonchev–Trinajstić information content (AvgIpc) is 3.45. The molecule has 0 atom stereocenters. The van der Waals surface area contributed by atoms with E-state index in [0.29, 0.717) is 6.04 Å². The van der Waals surface area contributed by atoms with Crippen LogP contribution in [0, 0.1) is 5.82 Å². The number of amides is 1. The van der Waals surface area contributed by atoms with E-state index in [-0.39, 0.29) is 16.5 Å². The number of hydrogen-bond acceptors (Lipinski definition) is 2. The first-order chi connectivity index (χ1) is 12.6.